The molecular formula is C20H19N7O2. The molecule has 1 aliphatic heterocycles. The van der Waals surface area contributed by atoms with E-state index >= 15 is 0 Å². The molecule has 1 aliphatic rings. The summed E-state index contributed by atoms with van der Waals surface area (Å²) >= 11 is 0. The zero-order chi connectivity index (χ0) is 19.8. The third kappa shape index (κ3) is 3.20. The second kappa shape index (κ2) is 7.01. The van der Waals surface area contributed by atoms with Crippen LogP contribution >= 0.6 is 0 Å². The molecule has 0 radical (unpaired) electrons. The molecule has 2 atom stereocenters. The summed E-state index contributed by atoms with van der Waals surface area (Å²) in [4.78, 5) is 23.5. The lowest BCUT2D eigenvalue weighted by Gasteiger charge is -2.17. The van der Waals surface area contributed by atoms with Gasteiger partial charge in [-0.1, -0.05) is 19.1 Å². The van der Waals surface area contributed by atoms with Gasteiger partial charge in [0, 0.05) is 36.7 Å². The number of anilines is 2. The Balaban J connectivity index is 1.33. The van der Waals surface area contributed by atoms with Crippen LogP contribution in [0.25, 0.3) is 17.0 Å². The molecule has 0 unspecified atom stereocenters. The average molecular weight is 389 g/mol. The summed E-state index contributed by atoms with van der Waals surface area (Å²) in [7, 11) is 0. The predicted octanol–water partition coefficient (Wildman–Crippen LogP) is 2.49. The fourth-order valence-electron chi connectivity index (χ4n) is 3.79. The number of hydrogen-bond acceptors (Lipinski definition) is 7. The number of nitrogens with one attached hydrogen (secondary N) is 1. The number of nitrogens with zero attached hydrogens (tertiary/aromatic N) is 6. The lowest BCUT2D eigenvalue weighted by Crippen LogP contribution is -2.29. The normalized spacial score (nSPS) is 19.0. The van der Waals surface area contributed by atoms with Crippen molar-refractivity contribution < 1.29 is 9.21 Å². The van der Waals surface area contributed by atoms with Gasteiger partial charge in [0.15, 0.2) is 18.0 Å². The molecular weight excluding hydrogens is 370 g/mol. The van der Waals surface area contributed by atoms with Gasteiger partial charge < -0.3 is 14.6 Å². The minimum atomic E-state index is -0.158. The summed E-state index contributed by atoms with van der Waals surface area (Å²) < 4.78 is 7.17. The van der Waals surface area contributed by atoms with Crippen molar-refractivity contribution in [1.82, 2.24) is 24.6 Å². The van der Waals surface area contributed by atoms with Gasteiger partial charge in [-0.05, 0) is 18.1 Å². The number of carbonyl (C=O) groups excluding carboxylic acids is 1. The third-order valence-electron chi connectivity index (χ3n) is 5.29. The SMILES string of the molecule is C[C@H]1CN(c2nccn3cnnc23)C[C@H]1C(=O)Nc1cccc(-c2cnco2)c1. The van der Waals surface area contributed by atoms with Crippen molar-refractivity contribution >= 4 is 23.1 Å². The van der Waals surface area contributed by atoms with Crippen molar-refractivity contribution in [3.05, 3.63) is 55.6 Å². The largest absolute Gasteiger partial charge is 0.444 e. The fourth-order valence-corrected chi connectivity index (χ4v) is 3.79. The number of fused-ring (bicyclic) bond motifs is 1. The maximum absolute atomic E-state index is 13.0. The number of benzene rings is 1. The Bertz CT molecular complexity index is 1150. The fraction of sp³-hybridized carbons (Fsp3) is 0.250. The number of rotatable bonds is 4. The smallest absolute Gasteiger partial charge is 0.229 e. The van der Waals surface area contributed by atoms with Crippen LogP contribution in [0.5, 0.6) is 0 Å². The summed E-state index contributed by atoms with van der Waals surface area (Å²) in [5, 5.41) is 11.1. The topological polar surface area (TPSA) is 101 Å². The van der Waals surface area contributed by atoms with E-state index in [4.69, 9.17) is 4.42 Å². The molecule has 1 saturated heterocycles. The zero-order valence-corrected chi connectivity index (χ0v) is 15.8. The van der Waals surface area contributed by atoms with E-state index in [9.17, 15) is 4.79 Å². The van der Waals surface area contributed by atoms with E-state index in [1.54, 1.807) is 18.7 Å². The van der Waals surface area contributed by atoms with Crippen LogP contribution in [0.1, 0.15) is 6.92 Å². The van der Waals surface area contributed by atoms with Crippen LogP contribution < -0.4 is 10.2 Å². The van der Waals surface area contributed by atoms with Gasteiger partial charge in [0.2, 0.25) is 11.6 Å². The number of amides is 1. The lowest BCUT2D eigenvalue weighted by atomic mass is 9.97. The first kappa shape index (κ1) is 17.4. The van der Waals surface area contributed by atoms with Gasteiger partial charge in [0.1, 0.15) is 6.33 Å². The molecule has 1 N–H and O–H groups in total. The maximum atomic E-state index is 13.0. The van der Waals surface area contributed by atoms with Crippen molar-refractivity contribution in [1.29, 1.82) is 0 Å². The second-order valence-corrected chi connectivity index (χ2v) is 7.24. The van der Waals surface area contributed by atoms with Crippen LogP contribution in [0.2, 0.25) is 0 Å². The van der Waals surface area contributed by atoms with Gasteiger partial charge >= 0.3 is 0 Å². The van der Waals surface area contributed by atoms with E-state index in [2.05, 4.69) is 37.3 Å². The molecule has 1 fully saturated rings. The van der Waals surface area contributed by atoms with E-state index in [0.29, 0.717) is 18.0 Å². The number of oxazole rings is 1. The van der Waals surface area contributed by atoms with Gasteiger partial charge in [-0.2, -0.15) is 0 Å². The van der Waals surface area contributed by atoms with Crippen LogP contribution in [0.3, 0.4) is 0 Å². The van der Waals surface area contributed by atoms with Crippen molar-refractivity contribution in [3.8, 4) is 11.3 Å². The number of carbonyl (C=O) groups is 1. The highest BCUT2D eigenvalue weighted by atomic mass is 16.3. The standard InChI is InChI=1S/C20H19N7O2/c1-13-9-27(18-19-25-23-11-26(19)6-5-22-18)10-16(13)20(28)24-15-4-2-3-14(7-15)17-8-21-12-29-17/h2-8,11-13,16H,9-10H2,1H3,(H,24,28)/t13-,16+/m0/s1. The lowest BCUT2D eigenvalue weighted by molar-refractivity contribution is -0.120. The maximum Gasteiger partial charge on any atom is 0.229 e. The van der Waals surface area contributed by atoms with Gasteiger partial charge in [-0.3, -0.25) is 9.20 Å². The van der Waals surface area contributed by atoms with E-state index < -0.39 is 0 Å². The van der Waals surface area contributed by atoms with Gasteiger partial charge in [-0.15, -0.1) is 10.2 Å². The number of hydrogen-bond donors (Lipinski definition) is 1. The predicted molar refractivity (Wildman–Crippen MR) is 106 cm³/mol. The first-order valence-electron chi connectivity index (χ1n) is 9.38. The first-order chi connectivity index (χ1) is 14.2. The monoisotopic (exact) mass is 389 g/mol. The Morgan fingerprint density at radius 3 is 3.10 bits per heavy atom. The second-order valence-electron chi connectivity index (χ2n) is 7.24. The minimum Gasteiger partial charge on any atom is -0.444 e. The van der Waals surface area contributed by atoms with Crippen LogP contribution in [0.15, 0.2) is 60.0 Å². The Kier molecular flexibility index (Phi) is 4.19. The van der Waals surface area contributed by atoms with Crippen LogP contribution in [-0.2, 0) is 4.79 Å². The molecule has 1 amide bonds. The Morgan fingerprint density at radius 2 is 2.24 bits per heavy atom. The van der Waals surface area contributed by atoms with Crippen molar-refractivity contribution in [2.75, 3.05) is 23.3 Å². The Hall–Kier alpha value is -3.75. The average Bonchev–Trinajstić information content (AvgIpc) is 3.48. The highest BCUT2D eigenvalue weighted by molar-refractivity contribution is 5.94. The molecule has 3 aromatic heterocycles. The third-order valence-corrected chi connectivity index (χ3v) is 5.29. The summed E-state index contributed by atoms with van der Waals surface area (Å²) in [6.45, 7) is 3.39. The van der Waals surface area contributed by atoms with Crippen LogP contribution in [0, 0.1) is 11.8 Å². The molecule has 1 aromatic carbocycles. The van der Waals surface area contributed by atoms with Gasteiger partial charge in [0.25, 0.3) is 0 Å². The molecule has 5 rings (SSSR count). The van der Waals surface area contributed by atoms with Gasteiger partial charge in [-0.25, -0.2) is 9.97 Å². The quantitative estimate of drug-likeness (QED) is 0.572. The summed E-state index contributed by atoms with van der Waals surface area (Å²) in [6.07, 6.45) is 8.21. The van der Waals surface area contributed by atoms with E-state index in [1.807, 2.05) is 34.9 Å². The van der Waals surface area contributed by atoms with E-state index in [-0.39, 0.29) is 17.7 Å². The minimum absolute atomic E-state index is 0.0110. The van der Waals surface area contributed by atoms with Crippen LogP contribution in [-0.4, -0.2) is 43.6 Å². The summed E-state index contributed by atoms with van der Waals surface area (Å²) in [5.41, 5.74) is 2.29. The highest BCUT2D eigenvalue weighted by Gasteiger charge is 2.36. The first-order valence-corrected chi connectivity index (χ1v) is 9.38. The van der Waals surface area contributed by atoms with Crippen molar-refractivity contribution in [3.63, 3.8) is 0 Å². The van der Waals surface area contributed by atoms with E-state index in [0.717, 1.165) is 23.6 Å². The number of aromatic nitrogens is 5. The van der Waals surface area contributed by atoms with Gasteiger partial charge in [0.05, 0.1) is 12.1 Å². The molecule has 9 nitrogen and oxygen atoms in total. The molecule has 0 aliphatic carbocycles. The molecule has 146 valence electrons. The Morgan fingerprint density at radius 1 is 1.31 bits per heavy atom. The Labute approximate surface area is 166 Å². The van der Waals surface area contributed by atoms with E-state index in [1.165, 1.54) is 6.39 Å². The van der Waals surface area contributed by atoms with Crippen molar-refractivity contribution in [2.45, 2.75) is 6.92 Å². The molecule has 0 spiro atoms. The molecule has 9 heteroatoms. The molecule has 0 bridgehead atoms. The summed E-state index contributed by atoms with van der Waals surface area (Å²) in [5.74, 6) is 1.42. The molecule has 0 saturated carbocycles. The molecule has 4 heterocycles. The highest BCUT2D eigenvalue weighted by Crippen LogP contribution is 2.30. The molecule has 29 heavy (non-hydrogen) atoms. The van der Waals surface area contributed by atoms with Crippen molar-refractivity contribution in [2.24, 2.45) is 11.8 Å². The zero-order valence-electron chi connectivity index (χ0n) is 15.8. The summed E-state index contributed by atoms with van der Waals surface area (Å²) in [6, 6.07) is 7.55. The van der Waals surface area contributed by atoms with Crippen LogP contribution in [0.4, 0.5) is 11.5 Å². The molecule has 4 aromatic rings.